The van der Waals surface area contributed by atoms with Crippen molar-refractivity contribution in [2.75, 3.05) is 21.3 Å². The van der Waals surface area contributed by atoms with Crippen LogP contribution in [0.1, 0.15) is 35.2 Å². The van der Waals surface area contributed by atoms with Gasteiger partial charge in [-0.05, 0) is 55.7 Å². The predicted octanol–water partition coefficient (Wildman–Crippen LogP) is 4.22. The molecular weight excluding hydrogens is 342 g/mol. The molecule has 0 saturated heterocycles. The summed E-state index contributed by atoms with van der Waals surface area (Å²) in [5, 5.41) is 2.96. The first kappa shape index (κ1) is 20.4. The molecule has 0 aliphatic carbocycles. The highest BCUT2D eigenvalue weighted by Gasteiger charge is 2.17. The van der Waals surface area contributed by atoms with Crippen LogP contribution in [0.5, 0.6) is 17.2 Å². The van der Waals surface area contributed by atoms with E-state index >= 15 is 0 Å². The van der Waals surface area contributed by atoms with Crippen molar-refractivity contribution >= 4 is 12.0 Å². The number of amides is 1. The summed E-state index contributed by atoms with van der Waals surface area (Å²) in [7, 11) is 4.69. The number of nitrogens with one attached hydrogen (secondary N) is 1. The van der Waals surface area contributed by atoms with Crippen LogP contribution in [0.2, 0.25) is 0 Å². The summed E-state index contributed by atoms with van der Waals surface area (Å²) in [5.41, 5.74) is 4.22. The number of rotatable bonds is 7. The van der Waals surface area contributed by atoms with Crippen LogP contribution in [0, 0.1) is 13.8 Å². The quantitative estimate of drug-likeness (QED) is 0.743. The zero-order valence-electron chi connectivity index (χ0n) is 16.8. The average molecular weight is 369 g/mol. The van der Waals surface area contributed by atoms with Crippen LogP contribution in [0.4, 0.5) is 0 Å². The van der Waals surface area contributed by atoms with E-state index < -0.39 is 0 Å². The minimum atomic E-state index is -0.227. The number of aryl methyl sites for hydroxylation is 2. The Morgan fingerprint density at radius 2 is 1.63 bits per heavy atom. The van der Waals surface area contributed by atoms with Crippen molar-refractivity contribution in [2.45, 2.75) is 26.8 Å². The minimum Gasteiger partial charge on any atom is -0.493 e. The predicted molar refractivity (Wildman–Crippen MR) is 108 cm³/mol. The molecule has 0 heterocycles. The molecule has 1 N–H and O–H groups in total. The second-order valence-electron chi connectivity index (χ2n) is 6.38. The fourth-order valence-electron chi connectivity index (χ4n) is 2.87. The summed E-state index contributed by atoms with van der Waals surface area (Å²) in [5.74, 6) is 1.46. The van der Waals surface area contributed by atoms with E-state index in [1.807, 2.05) is 51.1 Å². The van der Waals surface area contributed by atoms with Crippen LogP contribution in [0.3, 0.4) is 0 Å². The largest absolute Gasteiger partial charge is 0.493 e. The van der Waals surface area contributed by atoms with Crippen LogP contribution in [0.25, 0.3) is 6.08 Å². The third-order valence-electron chi connectivity index (χ3n) is 4.39. The lowest BCUT2D eigenvalue weighted by Crippen LogP contribution is -2.24. The highest BCUT2D eigenvalue weighted by Crippen LogP contribution is 2.39. The van der Waals surface area contributed by atoms with E-state index in [1.54, 1.807) is 27.4 Å². The fourth-order valence-corrected chi connectivity index (χ4v) is 2.87. The Balaban J connectivity index is 2.15. The maximum absolute atomic E-state index is 12.3. The maximum atomic E-state index is 12.3. The van der Waals surface area contributed by atoms with Gasteiger partial charge in [0.05, 0.1) is 27.4 Å². The molecule has 0 fully saturated rings. The molecule has 1 unspecified atom stereocenters. The van der Waals surface area contributed by atoms with Gasteiger partial charge >= 0.3 is 0 Å². The lowest BCUT2D eigenvalue weighted by Gasteiger charge is -2.18. The highest BCUT2D eigenvalue weighted by molar-refractivity contribution is 5.92. The summed E-state index contributed by atoms with van der Waals surface area (Å²) in [6.45, 7) is 5.99. The van der Waals surface area contributed by atoms with Crippen LogP contribution >= 0.6 is 0 Å². The number of ether oxygens (including phenoxy) is 3. The van der Waals surface area contributed by atoms with E-state index in [1.165, 1.54) is 5.56 Å². The molecule has 0 saturated carbocycles. The van der Waals surface area contributed by atoms with E-state index in [2.05, 4.69) is 11.4 Å². The molecule has 0 aliphatic heterocycles. The van der Waals surface area contributed by atoms with E-state index in [0.717, 1.165) is 16.7 Å². The van der Waals surface area contributed by atoms with Gasteiger partial charge < -0.3 is 19.5 Å². The Morgan fingerprint density at radius 3 is 2.15 bits per heavy atom. The van der Waals surface area contributed by atoms with E-state index in [-0.39, 0.29) is 11.9 Å². The summed E-state index contributed by atoms with van der Waals surface area (Å²) < 4.78 is 16.1. The van der Waals surface area contributed by atoms with Gasteiger partial charge in [0.1, 0.15) is 0 Å². The van der Waals surface area contributed by atoms with Gasteiger partial charge in [0.2, 0.25) is 11.7 Å². The average Bonchev–Trinajstić information content (AvgIpc) is 2.65. The number of carbonyl (C=O) groups is 1. The van der Waals surface area contributed by atoms with Crippen molar-refractivity contribution in [3.05, 3.63) is 58.7 Å². The van der Waals surface area contributed by atoms with Crippen LogP contribution < -0.4 is 19.5 Å². The van der Waals surface area contributed by atoms with Crippen molar-refractivity contribution in [1.82, 2.24) is 5.32 Å². The van der Waals surface area contributed by atoms with Crippen LogP contribution in [-0.4, -0.2) is 27.2 Å². The lowest BCUT2D eigenvalue weighted by atomic mass is 10.0. The smallest absolute Gasteiger partial charge is 0.244 e. The molecule has 2 aromatic carbocycles. The second kappa shape index (κ2) is 9.12. The zero-order valence-corrected chi connectivity index (χ0v) is 16.8. The molecule has 0 bridgehead atoms. The van der Waals surface area contributed by atoms with Crippen molar-refractivity contribution < 1.29 is 19.0 Å². The van der Waals surface area contributed by atoms with Gasteiger partial charge in [0, 0.05) is 6.08 Å². The van der Waals surface area contributed by atoms with E-state index in [4.69, 9.17) is 14.2 Å². The molecular formula is C22H27NO4. The maximum Gasteiger partial charge on any atom is 0.244 e. The Labute approximate surface area is 161 Å². The summed E-state index contributed by atoms with van der Waals surface area (Å²) in [6, 6.07) is 9.58. The second-order valence-corrected chi connectivity index (χ2v) is 6.38. The number of hydrogen-bond donors (Lipinski definition) is 1. The van der Waals surface area contributed by atoms with Gasteiger partial charge in [0.25, 0.3) is 0 Å². The van der Waals surface area contributed by atoms with Gasteiger partial charge in [-0.2, -0.15) is 0 Å². The zero-order chi connectivity index (χ0) is 20.0. The molecule has 0 aliphatic rings. The molecule has 2 aromatic rings. The first-order chi connectivity index (χ1) is 12.9. The Kier molecular flexibility index (Phi) is 6.88. The topological polar surface area (TPSA) is 56.8 Å². The molecule has 0 aromatic heterocycles. The monoisotopic (exact) mass is 369 g/mol. The number of hydrogen-bond acceptors (Lipinski definition) is 4. The Hall–Kier alpha value is -2.95. The molecule has 0 radical (unpaired) electrons. The third-order valence-corrected chi connectivity index (χ3v) is 4.39. The SMILES string of the molecule is COc1cc(C(C)NC(=O)/C=C/c2ccc(C)cc2C)cc(OC)c1OC. The molecule has 0 spiro atoms. The number of benzene rings is 2. The van der Waals surface area contributed by atoms with Crippen molar-refractivity contribution in [3.8, 4) is 17.2 Å². The molecule has 27 heavy (non-hydrogen) atoms. The number of carbonyl (C=O) groups excluding carboxylic acids is 1. The first-order valence-electron chi connectivity index (χ1n) is 8.75. The normalized spacial score (nSPS) is 11.9. The summed E-state index contributed by atoms with van der Waals surface area (Å²) in [6.07, 6.45) is 3.37. The van der Waals surface area contributed by atoms with E-state index in [9.17, 15) is 4.79 Å². The highest BCUT2D eigenvalue weighted by atomic mass is 16.5. The standard InChI is InChI=1S/C22H27NO4/c1-14-7-8-17(15(2)11-14)9-10-21(24)23-16(3)18-12-19(25-4)22(27-6)20(13-18)26-5/h7-13,16H,1-6H3,(H,23,24)/b10-9+. The van der Waals surface area contributed by atoms with Gasteiger partial charge in [-0.1, -0.05) is 23.8 Å². The molecule has 144 valence electrons. The first-order valence-corrected chi connectivity index (χ1v) is 8.75. The molecule has 5 heteroatoms. The molecule has 1 amide bonds. The van der Waals surface area contributed by atoms with E-state index in [0.29, 0.717) is 17.2 Å². The van der Waals surface area contributed by atoms with Gasteiger partial charge in [-0.25, -0.2) is 0 Å². The summed E-state index contributed by atoms with van der Waals surface area (Å²) in [4.78, 5) is 12.3. The Morgan fingerprint density at radius 1 is 1.00 bits per heavy atom. The fraction of sp³-hybridized carbons (Fsp3) is 0.318. The van der Waals surface area contributed by atoms with Crippen molar-refractivity contribution in [3.63, 3.8) is 0 Å². The van der Waals surface area contributed by atoms with Gasteiger partial charge in [-0.15, -0.1) is 0 Å². The number of methoxy groups -OCH3 is 3. The molecule has 5 nitrogen and oxygen atoms in total. The van der Waals surface area contributed by atoms with Crippen LogP contribution in [0.15, 0.2) is 36.4 Å². The van der Waals surface area contributed by atoms with Crippen molar-refractivity contribution in [2.24, 2.45) is 0 Å². The van der Waals surface area contributed by atoms with Crippen LogP contribution in [-0.2, 0) is 4.79 Å². The lowest BCUT2D eigenvalue weighted by molar-refractivity contribution is -0.117. The van der Waals surface area contributed by atoms with Crippen molar-refractivity contribution in [1.29, 1.82) is 0 Å². The summed E-state index contributed by atoms with van der Waals surface area (Å²) >= 11 is 0. The van der Waals surface area contributed by atoms with Gasteiger partial charge in [-0.3, -0.25) is 4.79 Å². The third kappa shape index (κ3) is 5.03. The Bertz CT molecular complexity index is 817. The molecule has 2 rings (SSSR count). The molecule has 1 atom stereocenters. The minimum absolute atomic E-state index is 0.170. The van der Waals surface area contributed by atoms with Gasteiger partial charge in [0.15, 0.2) is 11.5 Å².